The molecule has 0 aliphatic rings. The Morgan fingerprint density at radius 1 is 1.17 bits per heavy atom. The van der Waals surface area contributed by atoms with E-state index in [1.807, 2.05) is 6.07 Å². The monoisotopic (exact) mass is 334 g/mol. The van der Waals surface area contributed by atoms with E-state index in [0.29, 0.717) is 12.0 Å². The number of carbonyl (C=O) groups excluding carboxylic acids is 1. The van der Waals surface area contributed by atoms with Crippen LogP contribution in [-0.2, 0) is 27.7 Å². The van der Waals surface area contributed by atoms with Crippen molar-refractivity contribution in [2.24, 2.45) is 0 Å². The summed E-state index contributed by atoms with van der Waals surface area (Å²) in [7, 11) is -2.08. The van der Waals surface area contributed by atoms with Crippen LogP contribution in [0.2, 0.25) is 0 Å². The fourth-order valence-electron chi connectivity index (χ4n) is 1.93. The lowest BCUT2D eigenvalue weighted by Crippen LogP contribution is -2.27. The van der Waals surface area contributed by atoms with Gasteiger partial charge in [-0.15, -0.1) is 0 Å². The molecular formula is C16H18N2O4S. The van der Waals surface area contributed by atoms with Crippen molar-refractivity contribution in [3.05, 3.63) is 65.5 Å². The quantitative estimate of drug-likeness (QED) is 0.776. The Bertz CT molecular complexity index is 743. The molecule has 2 rings (SSSR count). The van der Waals surface area contributed by atoms with Crippen LogP contribution in [0.1, 0.15) is 21.6 Å². The van der Waals surface area contributed by atoms with E-state index in [9.17, 15) is 13.2 Å². The first-order valence-electron chi connectivity index (χ1n) is 7.05. The van der Waals surface area contributed by atoms with Crippen LogP contribution in [0.15, 0.2) is 48.7 Å². The second-order valence-electron chi connectivity index (χ2n) is 4.90. The summed E-state index contributed by atoms with van der Waals surface area (Å²) < 4.78 is 31.1. The maximum Gasteiger partial charge on any atom is 0.337 e. The minimum absolute atomic E-state index is 0.0236. The predicted octanol–water partition coefficient (Wildman–Crippen LogP) is 1.53. The van der Waals surface area contributed by atoms with Gasteiger partial charge in [-0.1, -0.05) is 18.2 Å². The van der Waals surface area contributed by atoms with Gasteiger partial charge in [-0.05, 0) is 29.8 Å². The zero-order chi connectivity index (χ0) is 16.7. The highest BCUT2D eigenvalue weighted by Crippen LogP contribution is 2.06. The minimum Gasteiger partial charge on any atom is -0.465 e. The number of nitrogens with one attached hydrogen (secondary N) is 1. The third-order valence-electron chi connectivity index (χ3n) is 3.22. The van der Waals surface area contributed by atoms with Gasteiger partial charge >= 0.3 is 5.97 Å². The van der Waals surface area contributed by atoms with Crippen molar-refractivity contribution in [1.29, 1.82) is 0 Å². The van der Waals surface area contributed by atoms with Crippen molar-refractivity contribution in [1.82, 2.24) is 9.71 Å². The van der Waals surface area contributed by atoms with Crippen LogP contribution < -0.4 is 4.72 Å². The minimum atomic E-state index is -3.39. The number of sulfonamides is 1. The number of hydrogen-bond donors (Lipinski definition) is 1. The van der Waals surface area contributed by atoms with Crippen molar-refractivity contribution in [3.8, 4) is 0 Å². The lowest BCUT2D eigenvalue weighted by atomic mass is 10.1. The average Bonchev–Trinajstić information content (AvgIpc) is 2.59. The molecule has 0 bridgehead atoms. The first-order valence-corrected chi connectivity index (χ1v) is 8.70. The molecule has 6 nitrogen and oxygen atoms in total. The summed E-state index contributed by atoms with van der Waals surface area (Å²) in [6.45, 7) is 0.173. The number of carbonyl (C=O) groups is 1. The molecule has 2 aromatic rings. The highest BCUT2D eigenvalue weighted by Gasteiger charge is 2.11. The molecular weight excluding hydrogens is 316 g/mol. The molecule has 0 unspecified atom stereocenters. The number of nitrogens with zero attached hydrogens (tertiary/aromatic N) is 1. The molecule has 0 atom stereocenters. The van der Waals surface area contributed by atoms with Gasteiger partial charge in [0.15, 0.2) is 0 Å². The van der Waals surface area contributed by atoms with Crippen LogP contribution in [0.3, 0.4) is 0 Å². The zero-order valence-corrected chi connectivity index (χ0v) is 13.5. The molecule has 1 aromatic heterocycles. The van der Waals surface area contributed by atoms with E-state index in [4.69, 9.17) is 0 Å². The summed E-state index contributed by atoms with van der Waals surface area (Å²) in [4.78, 5) is 15.4. The molecule has 0 saturated heterocycles. The third-order valence-corrected chi connectivity index (χ3v) is 4.55. The van der Waals surface area contributed by atoms with E-state index in [0.717, 1.165) is 11.3 Å². The Hall–Kier alpha value is -2.25. The summed E-state index contributed by atoms with van der Waals surface area (Å²) in [6, 6.07) is 12.0. The van der Waals surface area contributed by atoms with E-state index >= 15 is 0 Å². The highest BCUT2D eigenvalue weighted by atomic mass is 32.2. The number of ether oxygens (including phenoxy) is 1. The highest BCUT2D eigenvalue weighted by molar-refractivity contribution is 7.89. The van der Waals surface area contributed by atoms with Gasteiger partial charge in [0.2, 0.25) is 10.0 Å². The van der Waals surface area contributed by atoms with Crippen LogP contribution in [0.25, 0.3) is 0 Å². The molecule has 7 heteroatoms. The van der Waals surface area contributed by atoms with Crippen molar-refractivity contribution in [3.63, 3.8) is 0 Å². The van der Waals surface area contributed by atoms with Crippen molar-refractivity contribution in [2.75, 3.05) is 12.9 Å². The van der Waals surface area contributed by atoms with Crippen LogP contribution >= 0.6 is 0 Å². The van der Waals surface area contributed by atoms with E-state index in [1.165, 1.54) is 7.11 Å². The molecule has 1 aromatic carbocycles. The molecule has 0 aliphatic carbocycles. The van der Waals surface area contributed by atoms with Gasteiger partial charge in [-0.2, -0.15) is 0 Å². The normalized spacial score (nSPS) is 11.2. The Labute approximate surface area is 135 Å². The number of esters is 1. The summed E-state index contributed by atoms with van der Waals surface area (Å²) in [5, 5.41) is 0. The van der Waals surface area contributed by atoms with E-state index < -0.39 is 16.0 Å². The van der Waals surface area contributed by atoms with Crippen molar-refractivity contribution < 1.29 is 17.9 Å². The van der Waals surface area contributed by atoms with Gasteiger partial charge in [-0.25, -0.2) is 17.9 Å². The predicted molar refractivity (Wildman–Crippen MR) is 86.3 cm³/mol. The number of rotatable bonds is 7. The molecule has 0 aliphatic heterocycles. The largest absolute Gasteiger partial charge is 0.465 e. The van der Waals surface area contributed by atoms with E-state index in [-0.39, 0.29) is 12.3 Å². The summed E-state index contributed by atoms with van der Waals surface area (Å²) >= 11 is 0. The fourth-order valence-corrected chi connectivity index (χ4v) is 2.94. The first-order chi connectivity index (χ1) is 11.0. The number of benzene rings is 1. The number of aryl methyl sites for hydroxylation is 1. The maximum absolute atomic E-state index is 12.0. The van der Waals surface area contributed by atoms with Gasteiger partial charge in [-0.3, -0.25) is 4.98 Å². The summed E-state index contributed by atoms with van der Waals surface area (Å²) in [6.07, 6.45) is 2.00. The Balaban J connectivity index is 1.87. The number of hydrogen-bond acceptors (Lipinski definition) is 5. The Morgan fingerprint density at radius 3 is 2.52 bits per heavy atom. The molecule has 0 amide bonds. The van der Waals surface area contributed by atoms with Crippen molar-refractivity contribution >= 4 is 16.0 Å². The van der Waals surface area contributed by atoms with Gasteiger partial charge in [0, 0.05) is 24.9 Å². The molecule has 0 fully saturated rings. The molecule has 1 heterocycles. The maximum atomic E-state index is 12.0. The molecule has 122 valence electrons. The second kappa shape index (κ2) is 7.85. The SMILES string of the molecule is COC(=O)c1ccc(CNS(=O)(=O)CCc2ccccn2)cc1. The molecule has 1 N–H and O–H groups in total. The molecule has 23 heavy (non-hydrogen) atoms. The lowest BCUT2D eigenvalue weighted by molar-refractivity contribution is 0.0600. The standard InChI is InChI=1S/C16H18N2O4S/c1-22-16(19)14-7-5-13(6-8-14)12-18-23(20,21)11-9-15-4-2-3-10-17-15/h2-8,10,18H,9,11-12H2,1H3. The fraction of sp³-hybridized carbons (Fsp3) is 0.250. The zero-order valence-electron chi connectivity index (χ0n) is 12.7. The van der Waals surface area contributed by atoms with E-state index in [1.54, 1.807) is 42.6 Å². The van der Waals surface area contributed by atoms with Crippen LogP contribution in [-0.4, -0.2) is 32.2 Å². The summed E-state index contributed by atoms with van der Waals surface area (Å²) in [5.74, 6) is -0.447. The second-order valence-corrected chi connectivity index (χ2v) is 6.83. The molecule has 0 radical (unpaired) electrons. The first kappa shape index (κ1) is 17.1. The smallest absolute Gasteiger partial charge is 0.337 e. The lowest BCUT2D eigenvalue weighted by Gasteiger charge is -2.07. The van der Waals surface area contributed by atoms with Gasteiger partial charge in [0.25, 0.3) is 0 Å². The van der Waals surface area contributed by atoms with Gasteiger partial charge in [0.1, 0.15) is 0 Å². The van der Waals surface area contributed by atoms with Crippen molar-refractivity contribution in [2.45, 2.75) is 13.0 Å². The summed E-state index contributed by atoms with van der Waals surface area (Å²) in [5.41, 5.74) is 1.92. The van der Waals surface area contributed by atoms with Gasteiger partial charge in [0.05, 0.1) is 18.4 Å². The Kier molecular flexibility index (Phi) is 5.84. The Morgan fingerprint density at radius 2 is 1.91 bits per heavy atom. The average molecular weight is 334 g/mol. The number of methoxy groups -OCH3 is 1. The van der Waals surface area contributed by atoms with Crippen LogP contribution in [0.4, 0.5) is 0 Å². The van der Waals surface area contributed by atoms with Gasteiger partial charge < -0.3 is 4.74 Å². The number of aromatic nitrogens is 1. The topological polar surface area (TPSA) is 85.4 Å². The van der Waals surface area contributed by atoms with E-state index in [2.05, 4.69) is 14.4 Å². The molecule has 0 spiro atoms. The third kappa shape index (κ3) is 5.46. The number of pyridine rings is 1. The van der Waals surface area contributed by atoms with Crippen LogP contribution in [0.5, 0.6) is 0 Å². The van der Waals surface area contributed by atoms with Crippen LogP contribution in [0, 0.1) is 0 Å². The molecule has 0 saturated carbocycles.